The average Bonchev–Trinajstić information content (AvgIpc) is 2.47. The van der Waals surface area contributed by atoms with E-state index in [1.54, 1.807) is 0 Å². The molecule has 1 aromatic carbocycles. The molecule has 1 aliphatic carbocycles. The van der Waals surface area contributed by atoms with Crippen LogP contribution in [0.3, 0.4) is 0 Å². The van der Waals surface area contributed by atoms with Gasteiger partial charge in [-0.1, -0.05) is 25.0 Å². The lowest BCUT2D eigenvalue weighted by molar-refractivity contribution is 0.0938. The highest BCUT2D eigenvalue weighted by atomic mass is 16.5. The Kier molecular flexibility index (Phi) is 6.07. The van der Waals surface area contributed by atoms with Gasteiger partial charge >= 0.3 is 6.03 Å². The van der Waals surface area contributed by atoms with Crippen LogP contribution in [0.4, 0.5) is 4.79 Å². The number of benzene rings is 1. The molecule has 122 valence electrons. The summed E-state index contributed by atoms with van der Waals surface area (Å²) in [4.78, 5) is 11.9. The number of hydrogen-bond acceptors (Lipinski definition) is 3. The van der Waals surface area contributed by atoms with Crippen LogP contribution in [0.1, 0.15) is 38.2 Å². The third kappa shape index (κ3) is 5.22. The van der Waals surface area contributed by atoms with Crippen LogP contribution in [-0.2, 0) is 0 Å². The number of rotatable bonds is 5. The van der Waals surface area contributed by atoms with E-state index in [2.05, 4.69) is 10.6 Å². The second-order valence-corrected chi connectivity index (χ2v) is 6.10. The van der Waals surface area contributed by atoms with E-state index in [0.29, 0.717) is 6.61 Å². The van der Waals surface area contributed by atoms with Crippen molar-refractivity contribution in [2.75, 3.05) is 6.61 Å². The Morgan fingerprint density at radius 3 is 2.91 bits per heavy atom. The van der Waals surface area contributed by atoms with Gasteiger partial charge in [0.15, 0.2) is 0 Å². The molecular formula is C17H26N2O3. The topological polar surface area (TPSA) is 70.6 Å². The number of ether oxygens (including phenoxy) is 1. The molecule has 5 nitrogen and oxygen atoms in total. The highest BCUT2D eigenvalue weighted by molar-refractivity contribution is 5.74. The molecule has 3 N–H and O–H groups in total. The first-order valence-corrected chi connectivity index (χ1v) is 7.99. The van der Waals surface area contributed by atoms with Gasteiger partial charge in [-0.2, -0.15) is 0 Å². The maximum absolute atomic E-state index is 11.9. The van der Waals surface area contributed by atoms with Crippen molar-refractivity contribution in [3.63, 3.8) is 0 Å². The van der Waals surface area contributed by atoms with Gasteiger partial charge in [0.1, 0.15) is 12.4 Å². The highest BCUT2D eigenvalue weighted by Gasteiger charge is 2.24. The van der Waals surface area contributed by atoms with E-state index in [4.69, 9.17) is 4.74 Å². The predicted octanol–water partition coefficient (Wildman–Crippen LogP) is 2.37. The first-order valence-electron chi connectivity index (χ1n) is 7.99. The van der Waals surface area contributed by atoms with Crippen LogP contribution in [0.25, 0.3) is 0 Å². The van der Waals surface area contributed by atoms with Crippen LogP contribution in [0.5, 0.6) is 5.75 Å². The van der Waals surface area contributed by atoms with Crippen LogP contribution >= 0.6 is 0 Å². The van der Waals surface area contributed by atoms with Crippen LogP contribution in [0, 0.1) is 6.92 Å². The standard InChI is InChI=1S/C17H26N2O3/c1-12-6-5-7-14(10-12)22-11-13(2)18-17(21)19-15-8-3-4-9-16(15)20/h5-7,10,13,15-16,20H,3-4,8-9,11H2,1-2H3,(H2,18,19,21). The normalized spacial score (nSPS) is 22.7. The summed E-state index contributed by atoms with van der Waals surface area (Å²) in [6.45, 7) is 4.31. The zero-order valence-electron chi connectivity index (χ0n) is 13.3. The summed E-state index contributed by atoms with van der Waals surface area (Å²) in [7, 11) is 0. The molecule has 1 fully saturated rings. The summed E-state index contributed by atoms with van der Waals surface area (Å²) < 4.78 is 5.67. The Morgan fingerprint density at radius 1 is 1.41 bits per heavy atom. The molecule has 0 saturated heterocycles. The fourth-order valence-corrected chi connectivity index (χ4v) is 2.68. The Hall–Kier alpha value is -1.75. The Balaban J connectivity index is 1.71. The van der Waals surface area contributed by atoms with Crippen molar-refractivity contribution in [1.82, 2.24) is 10.6 Å². The SMILES string of the molecule is Cc1cccc(OCC(C)NC(=O)NC2CCCCC2O)c1. The summed E-state index contributed by atoms with van der Waals surface area (Å²) in [6, 6.07) is 7.33. The zero-order valence-corrected chi connectivity index (χ0v) is 13.3. The molecule has 0 bridgehead atoms. The molecule has 0 aromatic heterocycles. The van der Waals surface area contributed by atoms with Gasteiger partial charge in [0, 0.05) is 0 Å². The van der Waals surface area contributed by atoms with Gasteiger partial charge in [0.25, 0.3) is 0 Å². The van der Waals surface area contributed by atoms with E-state index < -0.39 is 6.10 Å². The first kappa shape index (κ1) is 16.6. The minimum atomic E-state index is -0.432. The number of aliphatic hydroxyl groups excluding tert-OH is 1. The van der Waals surface area contributed by atoms with E-state index >= 15 is 0 Å². The van der Waals surface area contributed by atoms with Crippen LogP contribution in [0.15, 0.2) is 24.3 Å². The van der Waals surface area contributed by atoms with Crippen LogP contribution in [0.2, 0.25) is 0 Å². The minimum absolute atomic E-state index is 0.110. The summed E-state index contributed by atoms with van der Waals surface area (Å²) in [5, 5.41) is 15.6. The highest BCUT2D eigenvalue weighted by Crippen LogP contribution is 2.18. The number of urea groups is 1. The lowest BCUT2D eigenvalue weighted by Crippen LogP contribution is -2.51. The quantitative estimate of drug-likeness (QED) is 0.782. The number of carbonyl (C=O) groups excluding carboxylic acids is 1. The molecule has 0 aliphatic heterocycles. The molecule has 3 atom stereocenters. The third-order valence-corrected chi connectivity index (χ3v) is 3.91. The largest absolute Gasteiger partial charge is 0.491 e. The van der Waals surface area contributed by atoms with Crippen molar-refractivity contribution in [2.24, 2.45) is 0 Å². The Bertz CT molecular complexity index is 493. The van der Waals surface area contributed by atoms with Gasteiger partial charge in [0.05, 0.1) is 18.2 Å². The van der Waals surface area contributed by atoms with Crippen LogP contribution in [-0.4, -0.2) is 35.9 Å². The number of amides is 2. The number of carbonyl (C=O) groups is 1. The van der Waals surface area contributed by atoms with E-state index in [0.717, 1.165) is 37.0 Å². The second kappa shape index (κ2) is 8.03. The third-order valence-electron chi connectivity index (χ3n) is 3.91. The molecule has 1 saturated carbocycles. The van der Waals surface area contributed by atoms with Crippen molar-refractivity contribution in [3.05, 3.63) is 29.8 Å². The van der Waals surface area contributed by atoms with Crippen molar-refractivity contribution in [2.45, 2.75) is 57.7 Å². The summed E-state index contributed by atoms with van der Waals surface area (Å²) in [6.07, 6.45) is 3.24. The van der Waals surface area contributed by atoms with E-state index in [1.807, 2.05) is 38.1 Å². The molecule has 0 spiro atoms. The second-order valence-electron chi connectivity index (χ2n) is 6.10. The predicted molar refractivity (Wildman–Crippen MR) is 86.1 cm³/mol. The molecule has 1 aliphatic rings. The first-order chi connectivity index (χ1) is 10.5. The van der Waals surface area contributed by atoms with E-state index in [1.165, 1.54) is 0 Å². The molecule has 5 heteroatoms. The van der Waals surface area contributed by atoms with Gasteiger partial charge in [-0.3, -0.25) is 0 Å². The molecule has 2 amide bonds. The van der Waals surface area contributed by atoms with Crippen molar-refractivity contribution >= 4 is 6.03 Å². The molecule has 22 heavy (non-hydrogen) atoms. The lowest BCUT2D eigenvalue weighted by Gasteiger charge is -2.29. The molecule has 1 aromatic rings. The van der Waals surface area contributed by atoms with E-state index in [9.17, 15) is 9.90 Å². The Labute approximate surface area is 132 Å². The van der Waals surface area contributed by atoms with Gasteiger partial charge < -0.3 is 20.5 Å². The van der Waals surface area contributed by atoms with Crippen LogP contribution < -0.4 is 15.4 Å². The number of aliphatic hydroxyl groups is 1. The maximum Gasteiger partial charge on any atom is 0.315 e. The van der Waals surface area contributed by atoms with Crippen molar-refractivity contribution in [3.8, 4) is 5.75 Å². The van der Waals surface area contributed by atoms with Gasteiger partial charge in [-0.25, -0.2) is 4.79 Å². The molecule has 2 rings (SSSR count). The Morgan fingerprint density at radius 2 is 2.18 bits per heavy atom. The lowest BCUT2D eigenvalue weighted by atomic mass is 9.93. The van der Waals surface area contributed by atoms with Gasteiger partial charge in [0.2, 0.25) is 0 Å². The average molecular weight is 306 g/mol. The molecule has 3 unspecified atom stereocenters. The molecule has 0 radical (unpaired) electrons. The zero-order chi connectivity index (χ0) is 15.9. The van der Waals surface area contributed by atoms with Crippen molar-refractivity contribution in [1.29, 1.82) is 0 Å². The summed E-state index contributed by atoms with van der Waals surface area (Å²) in [5.74, 6) is 0.803. The van der Waals surface area contributed by atoms with Gasteiger partial charge in [-0.05, 0) is 44.4 Å². The van der Waals surface area contributed by atoms with Gasteiger partial charge in [-0.15, -0.1) is 0 Å². The number of hydrogen-bond donors (Lipinski definition) is 3. The smallest absolute Gasteiger partial charge is 0.315 e. The molecular weight excluding hydrogens is 280 g/mol. The summed E-state index contributed by atoms with van der Waals surface area (Å²) >= 11 is 0. The maximum atomic E-state index is 11.9. The fraction of sp³-hybridized carbons (Fsp3) is 0.588. The molecule has 0 heterocycles. The summed E-state index contributed by atoms with van der Waals surface area (Å²) in [5.41, 5.74) is 1.14. The van der Waals surface area contributed by atoms with E-state index in [-0.39, 0.29) is 18.1 Å². The van der Waals surface area contributed by atoms with Crippen molar-refractivity contribution < 1.29 is 14.6 Å². The fourth-order valence-electron chi connectivity index (χ4n) is 2.68. The monoisotopic (exact) mass is 306 g/mol. The minimum Gasteiger partial charge on any atom is -0.491 e. The number of nitrogens with one attached hydrogen (secondary N) is 2. The number of aryl methyl sites for hydroxylation is 1.